The SMILES string of the molecule is [CH2-]C.[CH2-]C.[CH2-]C.[CH2-]C.[CH2-]C.[O]=[V]. The van der Waals surface area contributed by atoms with Crippen molar-refractivity contribution in [1.82, 2.24) is 0 Å². The second-order valence-electron chi connectivity index (χ2n) is 0. The summed E-state index contributed by atoms with van der Waals surface area (Å²) in [6, 6.07) is 0. The predicted octanol–water partition coefficient (Wildman–Crippen LogP) is 4.08. The molecular formula is C10H25OV-5. The third kappa shape index (κ3) is 6190. The van der Waals surface area contributed by atoms with Gasteiger partial charge in [0.1, 0.15) is 0 Å². The van der Waals surface area contributed by atoms with Crippen LogP contribution < -0.4 is 0 Å². The van der Waals surface area contributed by atoms with Gasteiger partial charge in [-0.2, -0.15) is 34.6 Å². The Kier molecular flexibility index (Phi) is 27300. The fourth-order valence-electron chi connectivity index (χ4n) is 0. The minimum absolute atomic E-state index is 1.06. The fraction of sp³-hybridized carbons (Fsp3) is 0.500. The summed E-state index contributed by atoms with van der Waals surface area (Å²) in [5.41, 5.74) is 0. The zero-order valence-corrected chi connectivity index (χ0v) is 10.8. The summed E-state index contributed by atoms with van der Waals surface area (Å²) in [4.78, 5) is 0. The molecule has 0 aliphatic carbocycles. The molecule has 0 aliphatic rings. The molecule has 0 radical (unpaired) electrons. The van der Waals surface area contributed by atoms with Crippen molar-refractivity contribution in [2.45, 2.75) is 34.6 Å². The average Bonchev–Trinajstić information content (AvgIpc) is 2.33. The van der Waals surface area contributed by atoms with Gasteiger partial charge in [-0.25, -0.2) is 0 Å². The third-order valence-corrected chi connectivity index (χ3v) is 0. The van der Waals surface area contributed by atoms with Crippen LogP contribution in [0.1, 0.15) is 34.6 Å². The summed E-state index contributed by atoms with van der Waals surface area (Å²) in [5, 5.41) is 0. The molecule has 81 valence electrons. The van der Waals surface area contributed by atoms with E-state index in [-0.39, 0.29) is 0 Å². The van der Waals surface area contributed by atoms with Crippen LogP contribution in [0.15, 0.2) is 0 Å². The van der Waals surface area contributed by atoms with E-state index in [1.165, 1.54) is 0 Å². The van der Waals surface area contributed by atoms with E-state index in [0.29, 0.717) is 0 Å². The molecule has 0 rings (SSSR count). The average molecular weight is 212 g/mol. The Morgan fingerprint density at radius 3 is 0.500 bits per heavy atom. The molecular weight excluding hydrogens is 187 g/mol. The topological polar surface area (TPSA) is 17.1 Å². The summed E-state index contributed by atoms with van der Waals surface area (Å²) in [5.74, 6) is 0. The molecule has 0 heterocycles. The predicted molar refractivity (Wildman–Crippen MR) is 55.8 cm³/mol. The van der Waals surface area contributed by atoms with Gasteiger partial charge < -0.3 is 34.6 Å². The molecule has 0 bridgehead atoms. The zero-order chi connectivity index (χ0) is 12.0. The van der Waals surface area contributed by atoms with Crippen LogP contribution in [0.25, 0.3) is 0 Å². The van der Waals surface area contributed by atoms with E-state index in [9.17, 15) is 0 Å². The standard InChI is InChI=1S/5C2H5.O.V/c5*1-2;;/h5*1H2,2H3;;/q5*-1;;. The van der Waals surface area contributed by atoms with Crippen LogP contribution in [0.5, 0.6) is 0 Å². The van der Waals surface area contributed by atoms with Crippen molar-refractivity contribution >= 4 is 0 Å². The zero-order valence-electron chi connectivity index (χ0n) is 9.39. The molecule has 0 aromatic carbocycles. The summed E-state index contributed by atoms with van der Waals surface area (Å²) >= 11 is 1.06. The molecule has 0 aliphatic heterocycles. The number of hydrogen-bond acceptors (Lipinski definition) is 1. The van der Waals surface area contributed by atoms with Crippen LogP contribution in [0.2, 0.25) is 0 Å². The van der Waals surface area contributed by atoms with Gasteiger partial charge in [-0.05, 0) is 0 Å². The molecule has 2 heteroatoms. The van der Waals surface area contributed by atoms with Crippen molar-refractivity contribution in [1.29, 1.82) is 0 Å². The van der Waals surface area contributed by atoms with Crippen molar-refractivity contribution < 1.29 is 21.0 Å². The Morgan fingerprint density at radius 2 is 0.500 bits per heavy atom. The molecule has 1 nitrogen and oxygen atoms in total. The van der Waals surface area contributed by atoms with Crippen LogP contribution in [0, 0.1) is 34.6 Å². The second kappa shape index (κ2) is 8310. The van der Waals surface area contributed by atoms with Crippen molar-refractivity contribution in [3.8, 4) is 0 Å². The second-order valence-corrected chi connectivity index (χ2v) is 0. The summed E-state index contributed by atoms with van der Waals surface area (Å²) in [6.45, 7) is 25.0. The summed E-state index contributed by atoms with van der Waals surface area (Å²) in [6.07, 6.45) is 0. The van der Waals surface area contributed by atoms with Crippen molar-refractivity contribution in [3.05, 3.63) is 34.6 Å². The van der Waals surface area contributed by atoms with Crippen LogP contribution in [-0.2, 0) is 21.0 Å². The Morgan fingerprint density at radius 1 is 0.500 bits per heavy atom. The van der Waals surface area contributed by atoms with E-state index in [2.05, 4.69) is 34.6 Å². The first-order valence-corrected chi connectivity index (χ1v) is 4.29. The van der Waals surface area contributed by atoms with E-state index < -0.39 is 0 Å². The van der Waals surface area contributed by atoms with Gasteiger partial charge >= 0.3 is 21.0 Å². The fourth-order valence-corrected chi connectivity index (χ4v) is 0. The van der Waals surface area contributed by atoms with Crippen LogP contribution in [-0.4, -0.2) is 0 Å². The molecule has 0 atom stereocenters. The monoisotopic (exact) mass is 212 g/mol. The minimum atomic E-state index is 1.06. The quantitative estimate of drug-likeness (QED) is 0.553. The summed E-state index contributed by atoms with van der Waals surface area (Å²) in [7, 11) is 0. The number of rotatable bonds is 0. The van der Waals surface area contributed by atoms with Gasteiger partial charge in [0.25, 0.3) is 0 Å². The van der Waals surface area contributed by atoms with Gasteiger partial charge in [-0.3, -0.25) is 0 Å². The first kappa shape index (κ1) is 39.4. The van der Waals surface area contributed by atoms with Crippen molar-refractivity contribution in [2.75, 3.05) is 0 Å². The maximum atomic E-state index is 8.19. The maximum absolute atomic E-state index is 8.19. The van der Waals surface area contributed by atoms with Crippen molar-refractivity contribution in [2.24, 2.45) is 0 Å². The van der Waals surface area contributed by atoms with E-state index in [1.807, 2.05) is 0 Å². The van der Waals surface area contributed by atoms with Crippen molar-refractivity contribution in [3.63, 3.8) is 0 Å². The molecule has 0 spiro atoms. The molecule has 0 unspecified atom stereocenters. The molecule has 0 saturated heterocycles. The Labute approximate surface area is 90.5 Å². The Hall–Kier alpha value is 0.384. The van der Waals surface area contributed by atoms with Crippen LogP contribution in [0.3, 0.4) is 0 Å². The molecule has 0 N–H and O–H groups in total. The number of hydrogen-bond donors (Lipinski definition) is 0. The third-order valence-electron chi connectivity index (χ3n) is 0. The first-order valence-electron chi connectivity index (χ1n) is 3.72. The van der Waals surface area contributed by atoms with E-state index in [0.717, 1.165) is 17.4 Å². The Bertz CT molecular complexity index is 9.80. The van der Waals surface area contributed by atoms with E-state index in [1.54, 1.807) is 34.6 Å². The molecule has 12 heavy (non-hydrogen) atoms. The summed E-state index contributed by atoms with van der Waals surface area (Å²) < 4.78 is 8.19. The van der Waals surface area contributed by atoms with Gasteiger partial charge in [-0.15, -0.1) is 0 Å². The van der Waals surface area contributed by atoms with E-state index >= 15 is 0 Å². The van der Waals surface area contributed by atoms with Crippen LogP contribution in [0.4, 0.5) is 0 Å². The van der Waals surface area contributed by atoms with Gasteiger partial charge in [-0.1, -0.05) is 0 Å². The molecule has 0 fully saturated rings. The van der Waals surface area contributed by atoms with Gasteiger partial charge in [0, 0.05) is 0 Å². The molecule has 0 aromatic rings. The van der Waals surface area contributed by atoms with Gasteiger partial charge in [0.2, 0.25) is 0 Å². The van der Waals surface area contributed by atoms with E-state index in [4.69, 9.17) is 3.67 Å². The van der Waals surface area contributed by atoms with Gasteiger partial charge in [0.05, 0.1) is 0 Å². The first-order chi connectivity index (χ1) is 6.00. The Balaban J connectivity index is -0.00000000900. The molecule has 0 aromatic heterocycles. The normalized spacial score (nSPS) is 2.75. The van der Waals surface area contributed by atoms with Gasteiger partial charge in [0.15, 0.2) is 0 Å². The molecule has 0 saturated carbocycles. The van der Waals surface area contributed by atoms with Crippen LogP contribution >= 0.6 is 0 Å². The molecule has 0 amide bonds.